The van der Waals surface area contributed by atoms with Crippen LogP contribution in [-0.4, -0.2) is 19.1 Å². The summed E-state index contributed by atoms with van der Waals surface area (Å²) in [4.78, 5) is 0. The predicted molar refractivity (Wildman–Crippen MR) is 97.6 cm³/mol. The lowest BCUT2D eigenvalue weighted by Gasteiger charge is -2.26. The van der Waals surface area contributed by atoms with Gasteiger partial charge in [0.05, 0.1) is 11.3 Å². The molecule has 2 aromatic carbocycles. The zero-order chi connectivity index (χ0) is 18.3. The Hall–Kier alpha value is -2.21. The van der Waals surface area contributed by atoms with Crippen LogP contribution in [0, 0.1) is 0 Å². The topological polar surface area (TPSA) is 36.1 Å². The normalized spacial score (nSPS) is 22.9. The second-order valence-electron chi connectivity index (χ2n) is 7.11. The minimum Gasteiger partial charge on any atom is -0.381 e. The van der Waals surface area contributed by atoms with Crippen LogP contribution >= 0.6 is 0 Å². The van der Waals surface area contributed by atoms with E-state index in [4.69, 9.17) is 0 Å². The Bertz CT molecular complexity index is 789. The third-order valence-electron chi connectivity index (χ3n) is 5.37. The monoisotopic (exact) mass is 361 g/mol. The van der Waals surface area contributed by atoms with E-state index >= 15 is 0 Å². The van der Waals surface area contributed by atoms with Gasteiger partial charge in [0.15, 0.2) is 0 Å². The van der Waals surface area contributed by atoms with E-state index in [9.17, 15) is 13.2 Å². The van der Waals surface area contributed by atoms with Crippen molar-refractivity contribution in [1.82, 2.24) is 5.32 Å². The van der Waals surface area contributed by atoms with Crippen molar-refractivity contribution < 1.29 is 13.2 Å². The fourth-order valence-corrected chi connectivity index (χ4v) is 4.04. The van der Waals surface area contributed by atoms with Gasteiger partial charge in [-0.1, -0.05) is 30.3 Å². The largest absolute Gasteiger partial charge is 0.418 e. The average molecular weight is 361 g/mol. The summed E-state index contributed by atoms with van der Waals surface area (Å²) in [6.07, 6.45) is -3.55. The van der Waals surface area contributed by atoms with Gasteiger partial charge in [-0.05, 0) is 43.1 Å². The number of benzene rings is 2. The summed E-state index contributed by atoms with van der Waals surface area (Å²) in [7, 11) is 0. The molecule has 2 aliphatic heterocycles. The van der Waals surface area contributed by atoms with E-state index in [0.29, 0.717) is 12.2 Å². The molecule has 2 aromatic rings. The van der Waals surface area contributed by atoms with Gasteiger partial charge in [-0.3, -0.25) is 0 Å². The summed E-state index contributed by atoms with van der Waals surface area (Å²) in [5.41, 5.74) is 2.00. The van der Waals surface area contributed by atoms with Crippen molar-refractivity contribution in [3.63, 3.8) is 0 Å². The predicted octanol–water partition coefficient (Wildman–Crippen LogP) is 4.75. The van der Waals surface area contributed by atoms with Gasteiger partial charge >= 0.3 is 6.18 Å². The van der Waals surface area contributed by atoms with Crippen LogP contribution in [0.3, 0.4) is 0 Å². The maximum atomic E-state index is 13.7. The molecule has 1 saturated heterocycles. The maximum absolute atomic E-state index is 13.7. The van der Waals surface area contributed by atoms with Gasteiger partial charge in [-0.15, -0.1) is 0 Å². The molecule has 3 N–H and O–H groups in total. The van der Waals surface area contributed by atoms with Crippen molar-refractivity contribution in [2.24, 2.45) is 0 Å². The molecule has 0 saturated carbocycles. The zero-order valence-corrected chi connectivity index (χ0v) is 14.5. The van der Waals surface area contributed by atoms with Crippen LogP contribution < -0.4 is 16.0 Å². The number of anilines is 2. The Labute approximate surface area is 151 Å². The Morgan fingerprint density at radius 3 is 2.65 bits per heavy atom. The first-order chi connectivity index (χ1) is 12.4. The van der Waals surface area contributed by atoms with Gasteiger partial charge in [0.1, 0.15) is 0 Å². The van der Waals surface area contributed by atoms with E-state index in [1.54, 1.807) is 0 Å². The molecule has 0 amide bonds. The molecule has 2 aliphatic rings. The van der Waals surface area contributed by atoms with Gasteiger partial charge in [0.2, 0.25) is 0 Å². The number of hydrogen-bond donors (Lipinski definition) is 3. The molecule has 1 fully saturated rings. The first-order valence-electron chi connectivity index (χ1n) is 8.97. The van der Waals surface area contributed by atoms with Crippen molar-refractivity contribution >= 4 is 11.4 Å². The van der Waals surface area contributed by atoms with Crippen LogP contribution in [0.1, 0.15) is 42.0 Å². The number of alkyl halides is 3. The molecule has 6 heteroatoms. The van der Waals surface area contributed by atoms with Crippen LogP contribution in [0.2, 0.25) is 0 Å². The van der Waals surface area contributed by atoms with Crippen molar-refractivity contribution in [3.05, 3.63) is 59.2 Å². The zero-order valence-electron chi connectivity index (χ0n) is 14.5. The van der Waals surface area contributed by atoms with Crippen molar-refractivity contribution in [1.29, 1.82) is 0 Å². The lowest BCUT2D eigenvalue weighted by atomic mass is 9.89. The number of rotatable bonds is 3. The number of hydrogen-bond acceptors (Lipinski definition) is 3. The van der Waals surface area contributed by atoms with Gasteiger partial charge in [-0.2, -0.15) is 13.2 Å². The molecule has 0 radical (unpaired) electrons. The van der Waals surface area contributed by atoms with E-state index in [-0.39, 0.29) is 23.7 Å². The van der Waals surface area contributed by atoms with E-state index in [1.165, 1.54) is 6.07 Å². The molecule has 0 aliphatic carbocycles. The fourth-order valence-electron chi connectivity index (χ4n) is 4.04. The van der Waals surface area contributed by atoms with Gasteiger partial charge < -0.3 is 16.0 Å². The Morgan fingerprint density at radius 2 is 1.92 bits per heavy atom. The molecule has 0 bridgehead atoms. The van der Waals surface area contributed by atoms with Crippen molar-refractivity contribution in [2.45, 2.75) is 37.5 Å². The third-order valence-corrected chi connectivity index (χ3v) is 5.37. The third kappa shape index (κ3) is 3.14. The molecule has 26 heavy (non-hydrogen) atoms. The number of piperidine rings is 1. The van der Waals surface area contributed by atoms with Crippen molar-refractivity contribution in [3.8, 4) is 0 Å². The minimum atomic E-state index is -4.38. The number of halogens is 3. The summed E-state index contributed by atoms with van der Waals surface area (Å²) in [5.74, 6) is 0.0774. The molecule has 138 valence electrons. The quantitative estimate of drug-likeness (QED) is 0.738. The second kappa shape index (κ2) is 6.50. The molecule has 3 atom stereocenters. The summed E-state index contributed by atoms with van der Waals surface area (Å²) < 4.78 is 41.0. The summed E-state index contributed by atoms with van der Waals surface area (Å²) in [6.45, 7) is 3.50. The molecule has 2 heterocycles. The van der Waals surface area contributed by atoms with Crippen LogP contribution in [-0.2, 0) is 6.18 Å². The van der Waals surface area contributed by atoms with Gasteiger partial charge in [0.25, 0.3) is 0 Å². The molecular formula is C20H22F3N3. The molecule has 3 unspecified atom stereocenters. The Morgan fingerprint density at radius 1 is 1.15 bits per heavy atom. The highest BCUT2D eigenvalue weighted by Gasteiger charge is 2.42. The van der Waals surface area contributed by atoms with E-state index in [0.717, 1.165) is 24.1 Å². The smallest absolute Gasteiger partial charge is 0.381 e. The molecular weight excluding hydrogens is 339 g/mol. The molecule has 0 spiro atoms. The Kier molecular flexibility index (Phi) is 4.31. The molecule has 3 nitrogen and oxygen atoms in total. The van der Waals surface area contributed by atoms with Gasteiger partial charge in [0, 0.05) is 30.2 Å². The van der Waals surface area contributed by atoms with Crippen LogP contribution in [0.4, 0.5) is 24.5 Å². The van der Waals surface area contributed by atoms with Gasteiger partial charge in [-0.25, -0.2) is 0 Å². The van der Waals surface area contributed by atoms with Crippen LogP contribution in [0.25, 0.3) is 0 Å². The van der Waals surface area contributed by atoms with E-state index < -0.39 is 11.7 Å². The summed E-state index contributed by atoms with van der Waals surface area (Å²) in [6, 6.07) is 12.8. The second-order valence-corrected chi connectivity index (χ2v) is 7.11. The maximum Gasteiger partial charge on any atom is 0.418 e. The van der Waals surface area contributed by atoms with Crippen LogP contribution in [0.15, 0.2) is 42.5 Å². The van der Waals surface area contributed by atoms with Crippen LogP contribution in [0.5, 0.6) is 0 Å². The number of fused-ring (bicyclic) bond motifs is 3. The molecule has 4 rings (SSSR count). The van der Waals surface area contributed by atoms with E-state index in [1.807, 2.05) is 43.3 Å². The highest BCUT2D eigenvalue weighted by Crippen LogP contribution is 2.47. The fraction of sp³-hybridized carbons (Fsp3) is 0.400. The van der Waals surface area contributed by atoms with E-state index in [2.05, 4.69) is 16.0 Å². The lowest BCUT2D eigenvalue weighted by molar-refractivity contribution is -0.136. The highest BCUT2D eigenvalue weighted by atomic mass is 19.4. The molecule has 0 aromatic heterocycles. The highest BCUT2D eigenvalue weighted by molar-refractivity contribution is 5.71. The SMILES string of the molecule is CC(Nc1cc2c(c(C(F)(F)F)c1)NC1CCNCC21)c1ccccc1. The standard InChI is InChI=1S/C20H22F3N3/c1-12(13-5-3-2-4-6-13)25-14-9-15-16-11-24-8-7-18(16)26-19(15)17(10-14)20(21,22)23/h2-6,9-10,12,16,18,24-26H,7-8,11H2,1H3. The Balaban J connectivity index is 1.71. The summed E-state index contributed by atoms with van der Waals surface area (Å²) in [5, 5.41) is 9.68. The summed E-state index contributed by atoms with van der Waals surface area (Å²) >= 11 is 0. The number of nitrogens with one attached hydrogen (secondary N) is 3. The van der Waals surface area contributed by atoms with Crippen molar-refractivity contribution in [2.75, 3.05) is 23.7 Å². The lowest BCUT2D eigenvalue weighted by Crippen LogP contribution is -2.38. The first-order valence-corrected chi connectivity index (χ1v) is 8.97. The average Bonchev–Trinajstić information content (AvgIpc) is 2.99. The minimum absolute atomic E-state index is 0.0774. The first kappa shape index (κ1) is 17.2.